The first kappa shape index (κ1) is 22.4. The highest BCUT2D eigenvalue weighted by Crippen LogP contribution is 2.27. The van der Waals surface area contributed by atoms with Gasteiger partial charge in [-0.2, -0.15) is 0 Å². The highest BCUT2D eigenvalue weighted by Gasteiger charge is 2.34. The van der Waals surface area contributed by atoms with Gasteiger partial charge in [-0.05, 0) is 55.6 Å². The fraction of sp³-hybridized carbons (Fsp3) is 0.304. The van der Waals surface area contributed by atoms with Crippen LogP contribution in [0.15, 0.2) is 60.0 Å². The van der Waals surface area contributed by atoms with E-state index in [-0.39, 0.29) is 24.1 Å². The van der Waals surface area contributed by atoms with Crippen LogP contribution in [0.5, 0.6) is 5.75 Å². The number of hydrogen-bond donors (Lipinski definition) is 1. The Balaban J connectivity index is 2.04. The third-order valence-electron chi connectivity index (χ3n) is 4.53. The van der Waals surface area contributed by atoms with Crippen molar-refractivity contribution in [3.63, 3.8) is 0 Å². The van der Waals surface area contributed by atoms with E-state index in [9.17, 15) is 9.59 Å². The van der Waals surface area contributed by atoms with Crippen LogP contribution in [0.3, 0.4) is 0 Å². The van der Waals surface area contributed by atoms with Crippen molar-refractivity contribution in [3.8, 4) is 5.75 Å². The van der Waals surface area contributed by atoms with E-state index < -0.39 is 11.6 Å². The number of benzene rings is 2. The molecule has 0 aliphatic rings. The van der Waals surface area contributed by atoms with Gasteiger partial charge in [0.05, 0.1) is 7.11 Å². The lowest BCUT2D eigenvalue weighted by Gasteiger charge is -2.33. The lowest BCUT2D eigenvalue weighted by molar-refractivity contribution is -0.127. The Labute approximate surface area is 186 Å². The summed E-state index contributed by atoms with van der Waals surface area (Å²) in [6, 6.07) is 15.9. The molecule has 1 atom stereocenters. The Kier molecular flexibility index (Phi) is 7.02. The number of carbonyl (C=O) groups excluding carboxylic acids is 2. The molecular weight excluding hydrogens is 412 g/mol. The highest BCUT2D eigenvalue weighted by molar-refractivity contribution is 7.03. The molecule has 0 saturated carbocycles. The van der Waals surface area contributed by atoms with E-state index in [1.165, 1.54) is 4.90 Å². The molecule has 0 aliphatic carbocycles. The zero-order valence-corrected chi connectivity index (χ0v) is 18.8. The summed E-state index contributed by atoms with van der Waals surface area (Å²) in [7, 11) is 1.60. The first-order valence-electron chi connectivity index (χ1n) is 9.86. The monoisotopic (exact) mass is 438 g/mol. The summed E-state index contributed by atoms with van der Waals surface area (Å²) in [5.74, 6) is 0.0987. The molecule has 3 aromatic rings. The molecule has 0 saturated heterocycles. The summed E-state index contributed by atoms with van der Waals surface area (Å²) in [6.45, 7) is 5.95. The van der Waals surface area contributed by atoms with Gasteiger partial charge >= 0.3 is 0 Å². The second-order valence-electron chi connectivity index (χ2n) is 8.12. The molecule has 8 heteroatoms. The van der Waals surface area contributed by atoms with Crippen LogP contribution in [0.4, 0.5) is 0 Å². The van der Waals surface area contributed by atoms with Crippen LogP contribution in [0.2, 0.25) is 0 Å². The van der Waals surface area contributed by atoms with Crippen LogP contribution in [-0.2, 0) is 11.3 Å². The van der Waals surface area contributed by atoms with Crippen molar-refractivity contribution in [1.29, 1.82) is 0 Å². The maximum atomic E-state index is 13.4. The van der Waals surface area contributed by atoms with Crippen molar-refractivity contribution >= 4 is 23.3 Å². The number of nitrogens with one attached hydrogen (secondary N) is 1. The van der Waals surface area contributed by atoms with Crippen LogP contribution in [-0.4, -0.2) is 38.9 Å². The molecule has 0 radical (unpaired) electrons. The fourth-order valence-corrected chi connectivity index (χ4v) is 3.59. The Hall–Kier alpha value is -3.26. The molecule has 3 rings (SSSR count). The molecule has 31 heavy (non-hydrogen) atoms. The minimum atomic E-state index is -0.836. The Bertz CT molecular complexity index is 1000. The number of ether oxygens (including phenoxy) is 1. The predicted octanol–water partition coefficient (Wildman–Crippen LogP) is 3.85. The number of carbonyl (C=O) groups is 2. The molecule has 0 fully saturated rings. The molecular formula is C23H26N4O3S. The molecule has 1 N–H and O–H groups in total. The van der Waals surface area contributed by atoms with E-state index in [0.29, 0.717) is 5.56 Å². The lowest BCUT2D eigenvalue weighted by Crippen LogP contribution is -2.49. The molecule has 162 valence electrons. The maximum absolute atomic E-state index is 13.4. The molecule has 2 amide bonds. The Morgan fingerprint density at radius 2 is 1.77 bits per heavy atom. The van der Waals surface area contributed by atoms with E-state index >= 15 is 0 Å². The second-order valence-corrected chi connectivity index (χ2v) is 8.73. The standard InChI is InChI=1S/C23H26N4O3S/c1-23(2,3)24-21(28)20(17-8-6-5-7-9-17)27(22(29)19-15-31-26-25-19)14-16-10-12-18(30-4)13-11-16/h5-13,15,20H,14H2,1-4H3,(H,24,28)/t20-/m0/s1. The SMILES string of the molecule is COc1ccc(CN(C(=O)c2csnn2)[C@H](C(=O)NC(C)(C)C)c2ccccc2)cc1. The number of rotatable bonds is 7. The van der Waals surface area contributed by atoms with E-state index in [2.05, 4.69) is 14.9 Å². The second kappa shape index (κ2) is 9.70. The number of hydrogen-bond acceptors (Lipinski definition) is 6. The number of amides is 2. The van der Waals surface area contributed by atoms with Crippen LogP contribution >= 0.6 is 11.5 Å². The zero-order chi connectivity index (χ0) is 22.4. The fourth-order valence-electron chi connectivity index (χ4n) is 3.16. The van der Waals surface area contributed by atoms with E-state index in [1.807, 2.05) is 75.4 Å². The smallest absolute Gasteiger partial charge is 0.276 e. The van der Waals surface area contributed by atoms with Crippen LogP contribution in [0, 0.1) is 0 Å². The topological polar surface area (TPSA) is 84.4 Å². The van der Waals surface area contributed by atoms with Gasteiger partial charge < -0.3 is 15.0 Å². The summed E-state index contributed by atoms with van der Waals surface area (Å²) in [5, 5.41) is 8.55. The summed E-state index contributed by atoms with van der Waals surface area (Å²) < 4.78 is 9.05. The van der Waals surface area contributed by atoms with Gasteiger partial charge in [-0.25, -0.2) is 0 Å². The number of nitrogens with zero attached hydrogens (tertiary/aromatic N) is 3. The van der Waals surface area contributed by atoms with Crippen LogP contribution < -0.4 is 10.1 Å². The third-order valence-corrected chi connectivity index (χ3v) is 5.03. The maximum Gasteiger partial charge on any atom is 0.276 e. The van der Waals surface area contributed by atoms with Crippen molar-refractivity contribution in [2.45, 2.75) is 38.9 Å². The van der Waals surface area contributed by atoms with Crippen molar-refractivity contribution in [1.82, 2.24) is 19.8 Å². The average molecular weight is 439 g/mol. The molecule has 0 bridgehead atoms. The van der Waals surface area contributed by atoms with Crippen molar-refractivity contribution < 1.29 is 14.3 Å². The first-order valence-corrected chi connectivity index (χ1v) is 10.7. The van der Waals surface area contributed by atoms with Gasteiger partial charge in [0.15, 0.2) is 5.69 Å². The van der Waals surface area contributed by atoms with Gasteiger partial charge in [0.25, 0.3) is 5.91 Å². The minimum Gasteiger partial charge on any atom is -0.497 e. The molecule has 7 nitrogen and oxygen atoms in total. The van der Waals surface area contributed by atoms with E-state index in [1.54, 1.807) is 12.5 Å². The summed E-state index contributed by atoms with van der Waals surface area (Å²) >= 11 is 1.10. The average Bonchev–Trinajstić information content (AvgIpc) is 3.28. The van der Waals surface area contributed by atoms with Gasteiger partial charge in [-0.1, -0.05) is 47.0 Å². The van der Waals surface area contributed by atoms with Gasteiger partial charge in [0.1, 0.15) is 11.8 Å². The van der Waals surface area contributed by atoms with Crippen molar-refractivity contribution in [2.75, 3.05) is 7.11 Å². The van der Waals surface area contributed by atoms with Gasteiger partial charge in [-0.15, -0.1) is 5.10 Å². The number of methoxy groups -OCH3 is 1. The van der Waals surface area contributed by atoms with Crippen molar-refractivity contribution in [3.05, 3.63) is 76.8 Å². The molecule has 0 unspecified atom stereocenters. The molecule has 0 aliphatic heterocycles. The van der Waals surface area contributed by atoms with Gasteiger partial charge in [0, 0.05) is 17.5 Å². The quantitative estimate of drug-likeness (QED) is 0.606. The first-order chi connectivity index (χ1) is 14.8. The largest absolute Gasteiger partial charge is 0.497 e. The van der Waals surface area contributed by atoms with Gasteiger partial charge in [-0.3, -0.25) is 9.59 Å². The molecule has 2 aromatic carbocycles. The van der Waals surface area contributed by atoms with Crippen LogP contribution in [0.25, 0.3) is 0 Å². The van der Waals surface area contributed by atoms with Crippen molar-refractivity contribution in [2.24, 2.45) is 0 Å². The van der Waals surface area contributed by atoms with E-state index in [4.69, 9.17) is 4.74 Å². The van der Waals surface area contributed by atoms with Crippen LogP contribution in [0.1, 0.15) is 48.4 Å². The normalized spacial score (nSPS) is 12.1. The highest BCUT2D eigenvalue weighted by atomic mass is 32.1. The zero-order valence-electron chi connectivity index (χ0n) is 18.0. The molecule has 1 heterocycles. The van der Waals surface area contributed by atoms with Gasteiger partial charge in [0.2, 0.25) is 5.91 Å². The minimum absolute atomic E-state index is 0.211. The number of aromatic nitrogens is 2. The molecule has 1 aromatic heterocycles. The third kappa shape index (κ3) is 5.88. The predicted molar refractivity (Wildman–Crippen MR) is 120 cm³/mol. The summed E-state index contributed by atoms with van der Waals surface area (Å²) in [6.07, 6.45) is 0. The Morgan fingerprint density at radius 3 is 2.32 bits per heavy atom. The lowest BCUT2D eigenvalue weighted by atomic mass is 10.0. The summed E-state index contributed by atoms with van der Waals surface area (Å²) in [4.78, 5) is 28.4. The Morgan fingerprint density at radius 1 is 1.10 bits per heavy atom. The summed E-state index contributed by atoms with van der Waals surface area (Å²) in [5.41, 5.74) is 1.33. The van der Waals surface area contributed by atoms with E-state index in [0.717, 1.165) is 22.8 Å². The molecule has 0 spiro atoms.